The number of hydrogen-bond acceptors (Lipinski definition) is 8. The summed E-state index contributed by atoms with van der Waals surface area (Å²) in [6, 6.07) is 22.8. The molecule has 41 heavy (non-hydrogen) atoms. The van der Waals surface area contributed by atoms with Gasteiger partial charge in [0.25, 0.3) is 0 Å². The summed E-state index contributed by atoms with van der Waals surface area (Å²) in [7, 11) is 0. The summed E-state index contributed by atoms with van der Waals surface area (Å²) in [6.07, 6.45) is 0. The Kier molecular flexibility index (Phi) is 4.64. The van der Waals surface area contributed by atoms with Crippen molar-refractivity contribution in [3.63, 3.8) is 0 Å². The molecule has 4 aromatic heterocycles. The summed E-state index contributed by atoms with van der Waals surface area (Å²) in [6.45, 7) is 2.37. The lowest BCUT2D eigenvalue weighted by Gasteiger charge is -2.29. The molecule has 0 saturated heterocycles. The third-order valence-electron chi connectivity index (χ3n) is 8.48. The van der Waals surface area contributed by atoms with Crippen molar-refractivity contribution in [1.82, 2.24) is 0 Å². The van der Waals surface area contributed by atoms with E-state index in [1.54, 1.807) is 22.7 Å². The van der Waals surface area contributed by atoms with Crippen LogP contribution < -0.4 is 18.9 Å². The maximum atomic E-state index is 6.12. The topological polar surface area (TPSA) is 36.9 Å². The van der Waals surface area contributed by atoms with Gasteiger partial charge in [-0.3, -0.25) is 0 Å². The van der Waals surface area contributed by atoms with E-state index in [1.807, 2.05) is 22.7 Å². The van der Waals surface area contributed by atoms with Crippen molar-refractivity contribution >= 4 is 45.3 Å². The molecular weight excluding hydrogens is 589 g/mol. The van der Waals surface area contributed by atoms with Crippen LogP contribution in [0.1, 0.15) is 22.3 Å². The van der Waals surface area contributed by atoms with E-state index in [4.69, 9.17) is 18.9 Å². The summed E-state index contributed by atoms with van der Waals surface area (Å²) < 4.78 is 24.1. The molecule has 0 amide bonds. The van der Waals surface area contributed by atoms with Gasteiger partial charge in [-0.25, -0.2) is 0 Å². The summed E-state index contributed by atoms with van der Waals surface area (Å²) >= 11 is 7.18. The molecular formula is C33H20O4S4. The second kappa shape index (κ2) is 8.26. The number of benzene rings is 2. The second-order valence-electron chi connectivity index (χ2n) is 10.5. The molecule has 6 heterocycles. The summed E-state index contributed by atoms with van der Waals surface area (Å²) in [5.74, 6) is 3.49. The smallest absolute Gasteiger partial charge is 0.180 e. The van der Waals surface area contributed by atoms with Crippen molar-refractivity contribution in [1.29, 1.82) is 0 Å². The van der Waals surface area contributed by atoms with Crippen LogP contribution in [0.4, 0.5) is 0 Å². The molecule has 8 heteroatoms. The Labute approximate surface area is 252 Å². The Bertz CT molecular complexity index is 1890. The molecule has 0 fully saturated rings. The van der Waals surface area contributed by atoms with Crippen molar-refractivity contribution in [3.8, 4) is 63.4 Å². The molecule has 200 valence electrons. The fourth-order valence-corrected chi connectivity index (χ4v) is 11.6. The van der Waals surface area contributed by atoms with Crippen LogP contribution in [0.25, 0.3) is 40.4 Å². The number of fused-ring (bicyclic) bond motifs is 12. The first kappa shape index (κ1) is 23.1. The van der Waals surface area contributed by atoms with Gasteiger partial charge in [0.2, 0.25) is 0 Å². The second-order valence-corrected chi connectivity index (χ2v) is 14.3. The molecule has 4 aliphatic rings. The highest BCUT2D eigenvalue weighted by atomic mass is 32.1. The molecule has 6 aromatic rings. The van der Waals surface area contributed by atoms with Crippen LogP contribution in [0.5, 0.6) is 23.0 Å². The minimum absolute atomic E-state index is 0.370. The Morgan fingerprint density at radius 2 is 0.976 bits per heavy atom. The molecule has 10 rings (SSSR count). The van der Waals surface area contributed by atoms with Crippen LogP contribution in [0, 0.1) is 0 Å². The average molecular weight is 609 g/mol. The zero-order valence-corrected chi connectivity index (χ0v) is 24.8. The van der Waals surface area contributed by atoms with Gasteiger partial charge in [0.1, 0.15) is 26.4 Å². The maximum absolute atomic E-state index is 6.12. The van der Waals surface area contributed by atoms with Gasteiger partial charge in [0.05, 0.1) is 24.9 Å². The highest BCUT2D eigenvalue weighted by Gasteiger charge is 2.54. The van der Waals surface area contributed by atoms with Crippen molar-refractivity contribution in [2.24, 2.45) is 0 Å². The van der Waals surface area contributed by atoms with E-state index in [0.717, 1.165) is 32.8 Å². The highest BCUT2D eigenvalue weighted by molar-refractivity contribution is 7.29. The van der Waals surface area contributed by atoms with Gasteiger partial charge in [-0.15, -0.1) is 45.3 Å². The monoisotopic (exact) mass is 608 g/mol. The molecule has 0 unspecified atom stereocenters. The summed E-state index contributed by atoms with van der Waals surface area (Å²) in [5, 5.41) is 4.17. The average Bonchev–Trinajstić information content (AvgIpc) is 3.84. The van der Waals surface area contributed by atoms with E-state index in [0.29, 0.717) is 26.4 Å². The van der Waals surface area contributed by atoms with Gasteiger partial charge in [0.15, 0.2) is 23.0 Å². The molecule has 0 atom stereocenters. The van der Waals surface area contributed by atoms with E-state index in [-0.39, 0.29) is 5.41 Å². The molecule has 1 spiro atoms. The number of ether oxygens (including phenoxy) is 4. The molecule has 0 N–H and O–H groups in total. The van der Waals surface area contributed by atoms with Crippen molar-refractivity contribution < 1.29 is 18.9 Å². The SMILES string of the molecule is c1ccc2c(c1)-c1ccccc1C21c2cc(-c3scc4c3OCCO4)sc2-c2sc(-c3scc4c3OCCO4)cc21. The van der Waals surface area contributed by atoms with Crippen molar-refractivity contribution in [2.45, 2.75) is 5.41 Å². The predicted octanol–water partition coefficient (Wildman–Crippen LogP) is 9.15. The predicted molar refractivity (Wildman–Crippen MR) is 167 cm³/mol. The first-order chi connectivity index (χ1) is 20.3. The molecule has 2 aliphatic heterocycles. The van der Waals surface area contributed by atoms with Crippen molar-refractivity contribution in [3.05, 3.63) is 93.7 Å². The zero-order chi connectivity index (χ0) is 26.7. The standard InChI is InChI=1S/C33H20O4S4/c1-3-7-19-17(5-1)18-6-2-4-8-20(18)33(19)21-13-25(31-27-23(15-38-31)34-9-11-36-27)40-29(21)30-22(33)14-26(41-30)32-28-24(16-39-32)35-10-12-37-28/h1-8,13-16H,9-12H2. The quantitative estimate of drug-likeness (QED) is 0.196. The zero-order valence-electron chi connectivity index (χ0n) is 21.5. The normalized spacial score (nSPS) is 16.4. The van der Waals surface area contributed by atoms with E-state index in [9.17, 15) is 0 Å². The third kappa shape index (κ3) is 2.88. The molecule has 0 saturated carbocycles. The number of rotatable bonds is 2. The van der Waals surface area contributed by atoms with Gasteiger partial charge in [0, 0.05) is 20.5 Å². The highest BCUT2D eigenvalue weighted by Crippen LogP contribution is 2.68. The van der Waals surface area contributed by atoms with E-state index < -0.39 is 0 Å². The molecule has 2 aromatic carbocycles. The number of thiophene rings is 4. The first-order valence-corrected chi connectivity index (χ1v) is 16.9. The molecule has 0 bridgehead atoms. The summed E-state index contributed by atoms with van der Waals surface area (Å²) in [5.41, 5.74) is 7.72. The Hall–Kier alpha value is -3.56. The van der Waals surface area contributed by atoms with Gasteiger partial charge >= 0.3 is 0 Å². The van der Waals surface area contributed by atoms with Crippen LogP contribution >= 0.6 is 45.3 Å². The lowest BCUT2D eigenvalue weighted by molar-refractivity contribution is 0.174. The van der Waals surface area contributed by atoms with Crippen LogP contribution in [-0.4, -0.2) is 26.4 Å². The van der Waals surface area contributed by atoms with Crippen LogP contribution in [-0.2, 0) is 5.41 Å². The van der Waals surface area contributed by atoms with Gasteiger partial charge in [-0.2, -0.15) is 0 Å². The third-order valence-corrected chi connectivity index (χ3v) is 13.2. The largest absolute Gasteiger partial charge is 0.485 e. The lowest BCUT2D eigenvalue weighted by atomic mass is 9.71. The Morgan fingerprint density at radius 3 is 1.49 bits per heavy atom. The summed E-state index contributed by atoms with van der Waals surface area (Å²) in [4.78, 5) is 7.48. The molecule has 2 aliphatic carbocycles. The van der Waals surface area contributed by atoms with Crippen LogP contribution in [0.15, 0.2) is 71.4 Å². The minimum atomic E-state index is -0.370. The van der Waals surface area contributed by atoms with Gasteiger partial charge in [-0.1, -0.05) is 48.5 Å². The van der Waals surface area contributed by atoms with Gasteiger partial charge in [-0.05, 0) is 45.5 Å². The van der Waals surface area contributed by atoms with E-state index in [2.05, 4.69) is 71.4 Å². The Balaban J connectivity index is 1.27. The van der Waals surface area contributed by atoms with E-state index >= 15 is 0 Å². The fourth-order valence-electron chi connectivity index (χ4n) is 6.93. The lowest BCUT2D eigenvalue weighted by Crippen LogP contribution is -2.25. The Morgan fingerprint density at radius 1 is 0.512 bits per heavy atom. The number of hydrogen-bond donors (Lipinski definition) is 0. The minimum Gasteiger partial charge on any atom is -0.485 e. The fraction of sp³-hybridized carbons (Fsp3) is 0.152. The van der Waals surface area contributed by atoms with Crippen LogP contribution in [0.3, 0.4) is 0 Å². The van der Waals surface area contributed by atoms with Crippen molar-refractivity contribution in [2.75, 3.05) is 26.4 Å². The molecule has 0 radical (unpaired) electrons. The molecule has 4 nitrogen and oxygen atoms in total. The first-order valence-electron chi connectivity index (χ1n) is 13.6. The maximum Gasteiger partial charge on any atom is 0.180 e. The van der Waals surface area contributed by atoms with Crippen LogP contribution in [0.2, 0.25) is 0 Å². The van der Waals surface area contributed by atoms with E-state index in [1.165, 1.54) is 52.9 Å². The van der Waals surface area contributed by atoms with Gasteiger partial charge < -0.3 is 18.9 Å².